The van der Waals surface area contributed by atoms with E-state index in [-0.39, 0.29) is 37.1 Å². The van der Waals surface area contributed by atoms with E-state index in [2.05, 4.69) is 19.6 Å². The molecule has 0 spiro atoms. The van der Waals surface area contributed by atoms with Crippen LogP contribution >= 0.6 is 0 Å². The predicted octanol–water partition coefficient (Wildman–Crippen LogP) is 4.13. The third-order valence-corrected chi connectivity index (χ3v) is 8.36. The summed E-state index contributed by atoms with van der Waals surface area (Å²) >= 11 is 0. The van der Waals surface area contributed by atoms with Crippen LogP contribution in [0.4, 0.5) is 13.2 Å². The minimum Gasteiger partial charge on any atom is -0.473 e. The smallest absolute Gasteiger partial charge is 0.438 e. The number of nitrogens with one attached hydrogen (secondary N) is 1. The van der Waals surface area contributed by atoms with E-state index in [1.165, 1.54) is 6.07 Å². The second-order valence-electron chi connectivity index (χ2n) is 10.6. The average Bonchev–Trinajstić information content (AvgIpc) is 3.50. The van der Waals surface area contributed by atoms with Crippen LogP contribution in [0.5, 0.6) is 5.75 Å². The highest BCUT2D eigenvalue weighted by atomic mass is 19.4. The molecule has 2 aliphatic heterocycles. The largest absolute Gasteiger partial charge is 0.473 e. The molecule has 1 N–H and O–H groups in total. The zero-order valence-corrected chi connectivity index (χ0v) is 20.4. The number of aromatic nitrogens is 2. The number of nitrogens with zero attached hydrogens (tertiary/aromatic N) is 3. The lowest BCUT2D eigenvalue weighted by Crippen LogP contribution is -2.49. The van der Waals surface area contributed by atoms with Crippen LogP contribution in [0.1, 0.15) is 68.8 Å². The van der Waals surface area contributed by atoms with Crippen molar-refractivity contribution in [3.8, 4) is 5.75 Å². The fraction of sp³-hybridized carbons (Fsp3) is 0.640. The van der Waals surface area contributed by atoms with E-state index in [0.717, 1.165) is 50.9 Å². The topological polar surface area (TPSA) is 91.7 Å². The molecule has 0 radical (unpaired) electrons. The minimum absolute atomic E-state index is 0.0393. The fourth-order valence-corrected chi connectivity index (χ4v) is 6.15. The van der Waals surface area contributed by atoms with Crippen LogP contribution in [0.25, 0.3) is 0 Å². The molecule has 3 heterocycles. The molecule has 1 saturated carbocycles. The van der Waals surface area contributed by atoms with Crippen LogP contribution in [0.3, 0.4) is 0 Å². The first-order chi connectivity index (χ1) is 17.1. The second-order valence-corrected chi connectivity index (χ2v) is 10.6. The van der Waals surface area contributed by atoms with Crippen LogP contribution in [-0.4, -0.2) is 51.7 Å². The summed E-state index contributed by atoms with van der Waals surface area (Å²) in [6.45, 7) is 5.93. The molecule has 1 aromatic carbocycles. The zero-order valence-electron chi connectivity index (χ0n) is 20.4. The van der Waals surface area contributed by atoms with Crippen molar-refractivity contribution in [2.24, 2.45) is 11.3 Å². The summed E-state index contributed by atoms with van der Waals surface area (Å²) in [5, 5.41) is 3.83. The van der Waals surface area contributed by atoms with E-state index in [0.29, 0.717) is 23.6 Å². The number of piperidine rings is 1. The number of halogens is 3. The Hall–Kier alpha value is -2.82. The summed E-state index contributed by atoms with van der Waals surface area (Å²) in [6, 6.07) is 3.68. The number of hydrogen-bond acceptors (Lipinski definition) is 6. The number of aromatic amines is 1. The number of carbonyl (C=O) groups is 1. The van der Waals surface area contributed by atoms with E-state index in [1.54, 1.807) is 4.90 Å². The maximum atomic E-state index is 13.9. The number of ether oxygens (including phenoxy) is 1. The highest BCUT2D eigenvalue weighted by molar-refractivity contribution is 5.83. The molecule has 0 bridgehead atoms. The summed E-state index contributed by atoms with van der Waals surface area (Å²) in [5.74, 6) is 0.636. The SMILES string of the molecule is CC(C)[C@]1(C(=O)N2COc3ccc(C(F)(F)F)cc3C2)CCC(N2CCC(c3noc(=O)[nH]3)CC2)C1. The third-order valence-electron chi connectivity index (χ3n) is 8.36. The maximum Gasteiger partial charge on any atom is 0.438 e. The second kappa shape index (κ2) is 9.24. The number of fused-ring (bicyclic) bond motifs is 1. The molecule has 1 aromatic heterocycles. The summed E-state index contributed by atoms with van der Waals surface area (Å²) in [4.78, 5) is 31.8. The van der Waals surface area contributed by atoms with Gasteiger partial charge in [-0.1, -0.05) is 19.0 Å². The molecule has 36 heavy (non-hydrogen) atoms. The van der Waals surface area contributed by atoms with E-state index in [4.69, 9.17) is 4.74 Å². The Bertz CT molecular complexity index is 1170. The van der Waals surface area contributed by atoms with Crippen LogP contribution < -0.4 is 10.5 Å². The van der Waals surface area contributed by atoms with Gasteiger partial charge in [-0.15, -0.1) is 0 Å². The normalized spacial score (nSPS) is 25.7. The molecular formula is C25H31F3N4O4. The Labute approximate surface area is 206 Å². The van der Waals surface area contributed by atoms with Gasteiger partial charge in [0.15, 0.2) is 12.6 Å². The van der Waals surface area contributed by atoms with Crippen molar-refractivity contribution < 1.29 is 27.2 Å². The number of carbonyl (C=O) groups excluding carboxylic acids is 1. The highest BCUT2D eigenvalue weighted by Crippen LogP contribution is 2.49. The Morgan fingerprint density at radius 2 is 1.97 bits per heavy atom. The third kappa shape index (κ3) is 4.53. The van der Waals surface area contributed by atoms with Crippen molar-refractivity contribution in [3.63, 3.8) is 0 Å². The molecule has 3 aliphatic rings. The molecule has 196 valence electrons. The first kappa shape index (κ1) is 24.9. The molecule has 1 saturated heterocycles. The van der Waals surface area contributed by atoms with Gasteiger partial charge < -0.3 is 14.5 Å². The van der Waals surface area contributed by atoms with Crippen LogP contribution in [0.2, 0.25) is 0 Å². The molecule has 2 aromatic rings. The lowest BCUT2D eigenvalue weighted by atomic mass is 9.74. The van der Waals surface area contributed by atoms with Crippen molar-refractivity contribution >= 4 is 5.91 Å². The molecule has 1 aliphatic carbocycles. The van der Waals surface area contributed by atoms with Gasteiger partial charge in [-0.25, -0.2) is 4.79 Å². The van der Waals surface area contributed by atoms with Gasteiger partial charge in [0.2, 0.25) is 5.91 Å². The number of alkyl halides is 3. The fourth-order valence-electron chi connectivity index (χ4n) is 6.15. The molecule has 8 nitrogen and oxygen atoms in total. The molecular weight excluding hydrogens is 477 g/mol. The molecule has 2 fully saturated rings. The number of H-pyrrole nitrogens is 1. The predicted molar refractivity (Wildman–Crippen MR) is 123 cm³/mol. The van der Waals surface area contributed by atoms with Gasteiger partial charge >= 0.3 is 11.9 Å². The lowest BCUT2D eigenvalue weighted by Gasteiger charge is -2.41. The van der Waals surface area contributed by atoms with Crippen LogP contribution in [-0.2, 0) is 17.5 Å². The van der Waals surface area contributed by atoms with E-state index in [9.17, 15) is 22.8 Å². The van der Waals surface area contributed by atoms with E-state index in [1.807, 2.05) is 13.8 Å². The number of benzene rings is 1. The molecule has 2 atom stereocenters. The van der Waals surface area contributed by atoms with Crippen LogP contribution in [0, 0.1) is 11.3 Å². The van der Waals surface area contributed by atoms with Gasteiger partial charge in [0.1, 0.15) is 5.75 Å². The molecule has 5 rings (SSSR count). The average molecular weight is 509 g/mol. The van der Waals surface area contributed by atoms with Gasteiger partial charge in [-0.3, -0.25) is 14.3 Å². The number of amides is 1. The number of hydrogen-bond donors (Lipinski definition) is 1. The van der Waals surface area contributed by atoms with Crippen molar-refractivity contribution in [2.75, 3.05) is 19.8 Å². The minimum atomic E-state index is -4.45. The van der Waals surface area contributed by atoms with Gasteiger partial charge in [0, 0.05) is 17.5 Å². The summed E-state index contributed by atoms with van der Waals surface area (Å²) in [5.41, 5.74) is -0.941. The van der Waals surface area contributed by atoms with Crippen molar-refractivity contribution in [1.29, 1.82) is 0 Å². The van der Waals surface area contributed by atoms with E-state index < -0.39 is 22.9 Å². The maximum absolute atomic E-state index is 13.9. The molecule has 1 unspecified atom stereocenters. The van der Waals surface area contributed by atoms with E-state index >= 15 is 0 Å². The Kier molecular flexibility index (Phi) is 6.38. The Balaban J connectivity index is 1.27. The summed E-state index contributed by atoms with van der Waals surface area (Å²) in [6.07, 6.45) is -0.425. The highest BCUT2D eigenvalue weighted by Gasteiger charge is 2.51. The first-order valence-corrected chi connectivity index (χ1v) is 12.5. The summed E-state index contributed by atoms with van der Waals surface area (Å²) in [7, 11) is 0. The van der Waals surface area contributed by atoms with Gasteiger partial charge in [0.25, 0.3) is 0 Å². The number of rotatable bonds is 4. The van der Waals surface area contributed by atoms with Crippen LogP contribution in [0.15, 0.2) is 27.5 Å². The lowest BCUT2D eigenvalue weighted by molar-refractivity contribution is -0.150. The quantitative estimate of drug-likeness (QED) is 0.668. The van der Waals surface area contributed by atoms with Crippen molar-refractivity contribution in [2.45, 2.75) is 70.6 Å². The van der Waals surface area contributed by atoms with Crippen molar-refractivity contribution in [3.05, 3.63) is 45.7 Å². The Morgan fingerprint density at radius 3 is 2.61 bits per heavy atom. The first-order valence-electron chi connectivity index (χ1n) is 12.5. The zero-order chi connectivity index (χ0) is 25.7. The van der Waals surface area contributed by atoms with Crippen molar-refractivity contribution in [1.82, 2.24) is 19.9 Å². The van der Waals surface area contributed by atoms with Gasteiger partial charge in [-0.05, 0) is 69.3 Å². The molecule has 1 amide bonds. The van der Waals surface area contributed by atoms with Gasteiger partial charge in [0.05, 0.1) is 17.5 Å². The summed E-state index contributed by atoms with van der Waals surface area (Å²) < 4.78 is 50.0. The van der Waals surface area contributed by atoms with Gasteiger partial charge in [-0.2, -0.15) is 13.2 Å². The Morgan fingerprint density at radius 1 is 1.22 bits per heavy atom. The molecule has 11 heteroatoms. The standard InChI is InChI=1S/C25H31F3N4O4/c1-15(2)24(22(33)32-13-17-11-18(25(26,27)28)3-4-20(17)35-14-32)8-5-19(12-24)31-9-6-16(7-10-31)21-29-23(34)36-30-21/h3-4,11,15-16,19H,5-10,12-14H2,1-2H3,(H,29,30,34)/t19?,24-/m0/s1. The number of likely N-dealkylation sites (tertiary alicyclic amines) is 1. The monoisotopic (exact) mass is 508 g/mol.